The molecule has 1 saturated heterocycles. The minimum Gasteiger partial charge on any atom is -0.477 e. The summed E-state index contributed by atoms with van der Waals surface area (Å²) in [5.74, 6) is -2.73. The molecule has 0 bridgehead atoms. The minimum absolute atomic E-state index is 0.0688. The van der Waals surface area contributed by atoms with Crippen molar-refractivity contribution in [1.82, 2.24) is 4.90 Å². The third kappa shape index (κ3) is 1.95. The number of nitrogens with zero attached hydrogens (tertiary/aromatic N) is 1. The zero-order valence-electron chi connectivity index (χ0n) is 11.6. The van der Waals surface area contributed by atoms with Crippen molar-refractivity contribution in [2.24, 2.45) is 11.7 Å². The lowest BCUT2D eigenvalue weighted by atomic mass is 9.82. The number of rotatable bonds is 4. The molecule has 1 unspecified atom stereocenters. The van der Waals surface area contributed by atoms with Crippen molar-refractivity contribution < 1.29 is 24.6 Å². The molecule has 4 N–H and O–H groups in total. The van der Waals surface area contributed by atoms with Gasteiger partial charge in [-0.15, -0.1) is 11.3 Å². The Morgan fingerprint density at radius 2 is 2.18 bits per heavy atom. The first kappa shape index (κ1) is 14.7. The number of primary amides is 1. The van der Waals surface area contributed by atoms with Gasteiger partial charge < -0.3 is 20.8 Å². The second-order valence-electron chi connectivity index (χ2n) is 5.44. The van der Waals surface area contributed by atoms with Gasteiger partial charge in [0.2, 0.25) is 5.91 Å². The van der Waals surface area contributed by atoms with Gasteiger partial charge in [0.05, 0.1) is 22.9 Å². The quantitative estimate of drug-likeness (QED) is 0.686. The highest BCUT2D eigenvalue weighted by atomic mass is 32.1. The molecule has 1 fully saturated rings. The maximum atomic E-state index is 12.1. The SMILES string of the molecule is C[C@@H](O)C1C(=O)N2C(C(=O)O)=C(c3csc(C(N)=O)c3)C[C@H]12. The van der Waals surface area contributed by atoms with E-state index in [9.17, 15) is 24.6 Å². The average molecular weight is 322 g/mol. The number of thiophene rings is 1. The number of carbonyl (C=O) groups excluding carboxylic acids is 2. The first-order valence-electron chi connectivity index (χ1n) is 6.69. The molecule has 0 radical (unpaired) electrons. The number of aliphatic hydroxyl groups excluding tert-OH is 1. The third-order valence-corrected chi connectivity index (χ3v) is 5.07. The molecule has 1 aromatic rings. The number of fused-ring (bicyclic) bond motifs is 1. The summed E-state index contributed by atoms with van der Waals surface area (Å²) in [5.41, 5.74) is 6.23. The van der Waals surface area contributed by atoms with Crippen LogP contribution in [0.4, 0.5) is 0 Å². The van der Waals surface area contributed by atoms with Gasteiger partial charge in [-0.05, 0) is 35.9 Å². The van der Waals surface area contributed by atoms with Crippen LogP contribution < -0.4 is 5.73 Å². The van der Waals surface area contributed by atoms with Crippen molar-refractivity contribution in [3.63, 3.8) is 0 Å². The minimum atomic E-state index is -1.19. The van der Waals surface area contributed by atoms with Crippen LogP contribution in [0.15, 0.2) is 17.1 Å². The zero-order chi connectivity index (χ0) is 16.2. The number of aliphatic carboxylic acids is 1. The number of carboxylic acid groups (broad SMARTS) is 1. The largest absolute Gasteiger partial charge is 0.477 e. The van der Waals surface area contributed by atoms with Crippen LogP contribution in [-0.4, -0.2) is 45.0 Å². The Bertz CT molecular complexity index is 721. The van der Waals surface area contributed by atoms with Crippen LogP contribution in [0.2, 0.25) is 0 Å². The first-order valence-corrected chi connectivity index (χ1v) is 7.57. The Morgan fingerprint density at radius 1 is 1.50 bits per heavy atom. The monoisotopic (exact) mass is 322 g/mol. The summed E-state index contributed by atoms with van der Waals surface area (Å²) in [7, 11) is 0. The molecular weight excluding hydrogens is 308 g/mol. The van der Waals surface area contributed by atoms with Crippen molar-refractivity contribution in [3.8, 4) is 0 Å². The van der Waals surface area contributed by atoms with E-state index in [0.717, 1.165) is 11.3 Å². The van der Waals surface area contributed by atoms with E-state index in [1.807, 2.05) is 0 Å². The summed E-state index contributed by atoms with van der Waals surface area (Å²) in [6, 6.07) is 1.20. The molecule has 3 heterocycles. The van der Waals surface area contributed by atoms with E-state index >= 15 is 0 Å². The van der Waals surface area contributed by atoms with Crippen molar-refractivity contribution >= 4 is 34.7 Å². The fourth-order valence-corrected chi connectivity index (χ4v) is 3.93. The Balaban J connectivity index is 2.01. The first-order chi connectivity index (χ1) is 10.3. The number of hydrogen-bond donors (Lipinski definition) is 3. The molecule has 8 heteroatoms. The second-order valence-corrected chi connectivity index (χ2v) is 6.35. The summed E-state index contributed by atoms with van der Waals surface area (Å²) in [6.45, 7) is 1.52. The van der Waals surface area contributed by atoms with Gasteiger partial charge in [0.15, 0.2) is 0 Å². The van der Waals surface area contributed by atoms with Crippen molar-refractivity contribution in [3.05, 3.63) is 27.6 Å². The molecule has 2 amide bonds. The number of β-lactam (4-membered cyclic amide) rings is 1. The second kappa shape index (κ2) is 4.92. The van der Waals surface area contributed by atoms with Crippen LogP contribution in [0.5, 0.6) is 0 Å². The number of hydrogen-bond acceptors (Lipinski definition) is 5. The number of carboxylic acids is 1. The smallest absolute Gasteiger partial charge is 0.352 e. The maximum absolute atomic E-state index is 12.1. The van der Waals surface area contributed by atoms with Crippen LogP contribution in [0.25, 0.3) is 5.57 Å². The van der Waals surface area contributed by atoms with Crippen molar-refractivity contribution in [2.75, 3.05) is 0 Å². The van der Waals surface area contributed by atoms with Gasteiger partial charge in [0.1, 0.15) is 5.70 Å². The van der Waals surface area contributed by atoms with Gasteiger partial charge in [-0.25, -0.2) is 4.79 Å². The van der Waals surface area contributed by atoms with E-state index in [4.69, 9.17) is 5.73 Å². The van der Waals surface area contributed by atoms with Gasteiger partial charge in [-0.2, -0.15) is 0 Å². The summed E-state index contributed by atoms with van der Waals surface area (Å²) in [5, 5.41) is 20.8. The highest BCUT2D eigenvalue weighted by molar-refractivity contribution is 7.12. The number of aliphatic hydroxyl groups is 1. The van der Waals surface area contributed by atoms with E-state index in [-0.39, 0.29) is 17.6 Å². The summed E-state index contributed by atoms with van der Waals surface area (Å²) in [6.07, 6.45) is -0.482. The third-order valence-electron chi connectivity index (χ3n) is 4.12. The lowest BCUT2D eigenvalue weighted by molar-refractivity contribution is -0.161. The predicted molar refractivity (Wildman–Crippen MR) is 77.8 cm³/mol. The zero-order valence-corrected chi connectivity index (χ0v) is 12.5. The van der Waals surface area contributed by atoms with Gasteiger partial charge in [-0.1, -0.05) is 0 Å². The predicted octanol–water partition coefficient (Wildman–Crippen LogP) is 0.254. The molecule has 0 spiro atoms. The van der Waals surface area contributed by atoms with Crippen LogP contribution in [0.3, 0.4) is 0 Å². The Kier molecular flexibility index (Phi) is 3.30. The van der Waals surface area contributed by atoms with Gasteiger partial charge in [0.25, 0.3) is 5.91 Å². The number of nitrogens with two attached hydrogens (primary N) is 1. The molecule has 3 atom stereocenters. The van der Waals surface area contributed by atoms with Crippen LogP contribution in [-0.2, 0) is 9.59 Å². The molecule has 22 heavy (non-hydrogen) atoms. The Hall–Kier alpha value is -2.19. The summed E-state index contributed by atoms with van der Waals surface area (Å²) < 4.78 is 0. The fraction of sp³-hybridized carbons (Fsp3) is 0.357. The highest BCUT2D eigenvalue weighted by Gasteiger charge is 2.56. The Labute approximate surface area is 129 Å². The van der Waals surface area contributed by atoms with E-state index in [2.05, 4.69) is 0 Å². The Morgan fingerprint density at radius 3 is 2.68 bits per heavy atom. The lowest BCUT2D eigenvalue weighted by Crippen LogP contribution is -2.61. The highest BCUT2D eigenvalue weighted by Crippen LogP contribution is 2.47. The van der Waals surface area contributed by atoms with E-state index < -0.39 is 23.9 Å². The standard InChI is InChI=1S/C14H14N2O5S/c1-5(17)10-8-3-7(6-2-9(12(15)18)22-4-6)11(14(20)21)16(8)13(10)19/h2,4-5,8,10,17H,3H2,1H3,(H2,15,18)(H,20,21)/t5-,8-,10?/m1/s1. The molecule has 2 aliphatic rings. The van der Waals surface area contributed by atoms with E-state index in [1.54, 1.807) is 11.4 Å². The molecule has 1 aromatic heterocycles. The summed E-state index contributed by atoms with van der Waals surface area (Å²) in [4.78, 5) is 36.4. The molecule has 0 saturated carbocycles. The fourth-order valence-electron chi connectivity index (χ4n) is 3.15. The van der Waals surface area contributed by atoms with Crippen molar-refractivity contribution in [1.29, 1.82) is 0 Å². The molecule has 0 aliphatic carbocycles. The van der Waals surface area contributed by atoms with E-state index in [0.29, 0.717) is 22.4 Å². The normalized spacial score (nSPS) is 25.0. The summed E-state index contributed by atoms with van der Waals surface area (Å²) >= 11 is 1.13. The number of amides is 2. The molecule has 2 aliphatic heterocycles. The van der Waals surface area contributed by atoms with Gasteiger partial charge >= 0.3 is 5.97 Å². The van der Waals surface area contributed by atoms with Gasteiger partial charge in [0, 0.05) is 0 Å². The van der Waals surface area contributed by atoms with Gasteiger partial charge in [-0.3, -0.25) is 9.59 Å². The van der Waals surface area contributed by atoms with Crippen LogP contribution in [0, 0.1) is 5.92 Å². The average Bonchev–Trinajstić information content (AvgIpc) is 2.99. The lowest BCUT2D eigenvalue weighted by Gasteiger charge is -2.44. The number of carbonyl (C=O) groups is 3. The van der Waals surface area contributed by atoms with Crippen LogP contribution >= 0.6 is 11.3 Å². The van der Waals surface area contributed by atoms with Crippen LogP contribution in [0.1, 0.15) is 28.6 Å². The molecule has 3 rings (SSSR count). The van der Waals surface area contributed by atoms with E-state index in [1.165, 1.54) is 11.8 Å². The topological polar surface area (TPSA) is 121 Å². The maximum Gasteiger partial charge on any atom is 0.352 e. The molecule has 116 valence electrons. The molecule has 0 aromatic carbocycles. The molecule has 7 nitrogen and oxygen atoms in total. The van der Waals surface area contributed by atoms with Crippen molar-refractivity contribution in [2.45, 2.75) is 25.5 Å². The molecular formula is C14H14N2O5S.